The Labute approximate surface area is 160 Å². The zero-order chi connectivity index (χ0) is 18.5. The normalized spacial score (nSPS) is 11.1. The first kappa shape index (κ1) is 18.0. The molecule has 4 nitrogen and oxygen atoms in total. The van der Waals surface area contributed by atoms with Gasteiger partial charge < -0.3 is 9.47 Å². The molecule has 0 spiro atoms. The fraction of sp³-hybridized carbons (Fsp3) is 0.100. The summed E-state index contributed by atoms with van der Waals surface area (Å²) in [4.78, 5) is 4.59. The van der Waals surface area contributed by atoms with Crippen LogP contribution in [0.5, 0.6) is 11.5 Å². The Morgan fingerprint density at radius 1 is 1.15 bits per heavy atom. The largest absolute Gasteiger partial charge is 0.497 e. The minimum Gasteiger partial charge on any atom is -0.497 e. The van der Waals surface area contributed by atoms with E-state index in [4.69, 9.17) is 21.1 Å². The molecule has 0 aliphatic rings. The molecule has 0 aliphatic carbocycles. The molecular formula is C20H15ClN2O2S. The van der Waals surface area contributed by atoms with Crippen LogP contribution in [0.4, 0.5) is 0 Å². The summed E-state index contributed by atoms with van der Waals surface area (Å²) >= 11 is 7.35. The number of ether oxygens (including phenoxy) is 2. The highest BCUT2D eigenvalue weighted by molar-refractivity contribution is 7.11. The number of aromatic nitrogens is 1. The highest BCUT2D eigenvalue weighted by atomic mass is 35.5. The fourth-order valence-electron chi connectivity index (χ4n) is 2.40. The number of methoxy groups -OCH3 is 2. The Balaban J connectivity index is 1.99. The lowest BCUT2D eigenvalue weighted by Gasteiger charge is -2.07. The van der Waals surface area contributed by atoms with Gasteiger partial charge in [-0.15, -0.1) is 11.3 Å². The van der Waals surface area contributed by atoms with Gasteiger partial charge in [0.1, 0.15) is 22.6 Å². The molecule has 3 rings (SSSR count). The molecule has 0 saturated carbocycles. The molecule has 2 aromatic carbocycles. The predicted octanol–water partition coefficient (Wildman–Crippen LogP) is 5.54. The highest BCUT2D eigenvalue weighted by Gasteiger charge is 2.11. The van der Waals surface area contributed by atoms with E-state index in [2.05, 4.69) is 11.1 Å². The minimum absolute atomic E-state index is 0.460. The maximum absolute atomic E-state index is 9.61. The van der Waals surface area contributed by atoms with Gasteiger partial charge in [0.05, 0.1) is 25.5 Å². The molecule has 26 heavy (non-hydrogen) atoms. The van der Waals surface area contributed by atoms with Crippen LogP contribution in [0.3, 0.4) is 0 Å². The third-order valence-corrected chi connectivity index (χ3v) is 4.86. The van der Waals surface area contributed by atoms with Crippen molar-refractivity contribution in [1.29, 1.82) is 5.26 Å². The van der Waals surface area contributed by atoms with Crippen LogP contribution in [-0.2, 0) is 0 Å². The first-order valence-corrected chi connectivity index (χ1v) is 8.96. The van der Waals surface area contributed by atoms with Gasteiger partial charge in [0.25, 0.3) is 0 Å². The summed E-state index contributed by atoms with van der Waals surface area (Å²) in [5, 5.41) is 12.8. The van der Waals surface area contributed by atoms with Gasteiger partial charge in [0.2, 0.25) is 0 Å². The van der Waals surface area contributed by atoms with E-state index in [0.717, 1.165) is 16.8 Å². The van der Waals surface area contributed by atoms with E-state index in [-0.39, 0.29) is 0 Å². The van der Waals surface area contributed by atoms with Crippen molar-refractivity contribution < 1.29 is 9.47 Å². The number of allylic oxidation sites excluding steroid dienone is 1. The maximum atomic E-state index is 9.61. The van der Waals surface area contributed by atoms with Gasteiger partial charge in [-0.3, -0.25) is 0 Å². The van der Waals surface area contributed by atoms with Crippen molar-refractivity contribution in [3.8, 4) is 28.8 Å². The molecule has 0 saturated heterocycles. The molecule has 0 aliphatic heterocycles. The van der Waals surface area contributed by atoms with Crippen LogP contribution >= 0.6 is 22.9 Å². The molecule has 0 atom stereocenters. The number of hydrogen-bond donors (Lipinski definition) is 0. The lowest BCUT2D eigenvalue weighted by Crippen LogP contribution is -1.90. The molecule has 0 fully saturated rings. The van der Waals surface area contributed by atoms with Gasteiger partial charge in [-0.25, -0.2) is 4.98 Å². The van der Waals surface area contributed by atoms with Gasteiger partial charge in [-0.05, 0) is 36.4 Å². The Kier molecular flexibility index (Phi) is 5.57. The zero-order valence-electron chi connectivity index (χ0n) is 14.2. The Bertz CT molecular complexity index is 988. The molecule has 0 radical (unpaired) electrons. The lowest BCUT2D eigenvalue weighted by molar-refractivity contribution is 0.402. The smallest absolute Gasteiger partial charge is 0.134 e. The van der Waals surface area contributed by atoms with Gasteiger partial charge in [0.15, 0.2) is 0 Å². The molecule has 0 unspecified atom stereocenters. The van der Waals surface area contributed by atoms with Crippen molar-refractivity contribution in [2.24, 2.45) is 0 Å². The Morgan fingerprint density at radius 2 is 1.92 bits per heavy atom. The number of thiazole rings is 1. The Morgan fingerprint density at radius 3 is 2.58 bits per heavy atom. The van der Waals surface area contributed by atoms with Crippen molar-refractivity contribution in [2.45, 2.75) is 0 Å². The summed E-state index contributed by atoms with van der Waals surface area (Å²) in [6.45, 7) is 0. The van der Waals surface area contributed by atoms with E-state index in [1.54, 1.807) is 26.4 Å². The Hall–Kier alpha value is -2.81. The number of hydrogen-bond acceptors (Lipinski definition) is 5. The lowest BCUT2D eigenvalue weighted by atomic mass is 10.1. The number of benzene rings is 2. The van der Waals surface area contributed by atoms with E-state index in [1.807, 2.05) is 41.8 Å². The first-order chi connectivity index (χ1) is 12.6. The SMILES string of the molecule is COc1ccc(OC)c(/C=C(/C#N)c2nc(-c3ccc(Cl)cc3)cs2)c1. The van der Waals surface area contributed by atoms with Crippen LogP contribution < -0.4 is 9.47 Å². The van der Waals surface area contributed by atoms with Gasteiger partial charge in [-0.1, -0.05) is 23.7 Å². The second-order valence-electron chi connectivity index (χ2n) is 5.32. The maximum Gasteiger partial charge on any atom is 0.134 e. The molecule has 6 heteroatoms. The third-order valence-electron chi connectivity index (χ3n) is 3.73. The average Bonchev–Trinajstić information content (AvgIpc) is 3.16. The minimum atomic E-state index is 0.460. The number of nitriles is 1. The highest BCUT2D eigenvalue weighted by Crippen LogP contribution is 2.31. The number of halogens is 1. The summed E-state index contributed by atoms with van der Waals surface area (Å²) in [6.07, 6.45) is 1.76. The van der Waals surface area contributed by atoms with Gasteiger partial charge in [-0.2, -0.15) is 5.26 Å². The van der Waals surface area contributed by atoms with E-state index in [9.17, 15) is 5.26 Å². The number of nitrogens with zero attached hydrogens (tertiary/aromatic N) is 2. The van der Waals surface area contributed by atoms with Crippen LogP contribution in [0.1, 0.15) is 10.6 Å². The van der Waals surface area contributed by atoms with Crippen LogP contribution in [0.25, 0.3) is 22.9 Å². The topological polar surface area (TPSA) is 55.1 Å². The van der Waals surface area contributed by atoms with Crippen molar-refractivity contribution in [1.82, 2.24) is 4.98 Å². The van der Waals surface area contributed by atoms with Crippen LogP contribution in [0.15, 0.2) is 47.8 Å². The van der Waals surface area contributed by atoms with E-state index in [0.29, 0.717) is 27.1 Å². The number of rotatable bonds is 5. The van der Waals surface area contributed by atoms with Gasteiger partial charge >= 0.3 is 0 Å². The molecule has 0 bridgehead atoms. The summed E-state index contributed by atoms with van der Waals surface area (Å²) in [6, 6.07) is 15.1. The first-order valence-electron chi connectivity index (χ1n) is 7.70. The molecular weight excluding hydrogens is 368 g/mol. The van der Waals surface area contributed by atoms with Crippen molar-refractivity contribution in [2.75, 3.05) is 14.2 Å². The monoisotopic (exact) mass is 382 g/mol. The van der Waals surface area contributed by atoms with Crippen molar-refractivity contribution in [3.63, 3.8) is 0 Å². The zero-order valence-corrected chi connectivity index (χ0v) is 15.8. The van der Waals surface area contributed by atoms with Crippen LogP contribution in [-0.4, -0.2) is 19.2 Å². The van der Waals surface area contributed by atoms with Crippen LogP contribution in [0, 0.1) is 11.3 Å². The van der Waals surface area contributed by atoms with Crippen molar-refractivity contribution in [3.05, 3.63) is 63.4 Å². The average molecular weight is 383 g/mol. The molecule has 1 aromatic heterocycles. The molecule has 1 heterocycles. The quantitative estimate of drug-likeness (QED) is 0.543. The fourth-order valence-corrected chi connectivity index (χ4v) is 3.32. The van der Waals surface area contributed by atoms with E-state index < -0.39 is 0 Å². The third kappa shape index (κ3) is 3.88. The summed E-state index contributed by atoms with van der Waals surface area (Å²) in [5.41, 5.74) is 2.97. The standard InChI is InChI=1S/C20H15ClN2O2S/c1-24-17-7-8-19(25-2)14(10-17)9-15(11-22)20-23-18(12-26-20)13-3-5-16(21)6-4-13/h3-10,12H,1-2H3/b15-9-. The molecule has 3 aromatic rings. The molecule has 0 N–H and O–H groups in total. The second kappa shape index (κ2) is 8.05. The van der Waals surface area contributed by atoms with E-state index >= 15 is 0 Å². The van der Waals surface area contributed by atoms with Crippen molar-refractivity contribution >= 4 is 34.6 Å². The van der Waals surface area contributed by atoms with Gasteiger partial charge in [0, 0.05) is 21.5 Å². The van der Waals surface area contributed by atoms with E-state index in [1.165, 1.54) is 11.3 Å². The summed E-state index contributed by atoms with van der Waals surface area (Å²) < 4.78 is 10.6. The predicted molar refractivity (Wildman–Crippen MR) is 106 cm³/mol. The van der Waals surface area contributed by atoms with Crippen LogP contribution in [0.2, 0.25) is 5.02 Å². The second-order valence-corrected chi connectivity index (χ2v) is 6.62. The summed E-state index contributed by atoms with van der Waals surface area (Å²) in [7, 11) is 3.19. The summed E-state index contributed by atoms with van der Waals surface area (Å²) in [5.74, 6) is 1.35. The molecule has 130 valence electrons. The molecule has 0 amide bonds.